The van der Waals surface area contributed by atoms with Crippen LogP contribution in [-0.4, -0.2) is 23.1 Å². The van der Waals surface area contributed by atoms with E-state index in [-0.39, 0.29) is 5.91 Å². The predicted molar refractivity (Wildman–Crippen MR) is 82.2 cm³/mol. The second-order valence-electron chi connectivity index (χ2n) is 4.88. The Bertz CT molecular complexity index is 549. The third kappa shape index (κ3) is 3.96. The molecule has 0 aliphatic carbocycles. The summed E-state index contributed by atoms with van der Waals surface area (Å²) in [6, 6.07) is 12.1. The summed E-state index contributed by atoms with van der Waals surface area (Å²) >= 11 is 0. The SMILES string of the molecule is CCC(C)NCC(=O)Nc1cccc(-n2cccc2)c1. The Morgan fingerprint density at radius 2 is 2.00 bits per heavy atom. The van der Waals surface area contributed by atoms with Gasteiger partial charge in [0, 0.05) is 29.8 Å². The van der Waals surface area contributed by atoms with Crippen LogP contribution in [0.15, 0.2) is 48.8 Å². The minimum atomic E-state index is -0.0186. The van der Waals surface area contributed by atoms with Gasteiger partial charge in [-0.2, -0.15) is 0 Å². The molecule has 2 rings (SSSR count). The van der Waals surface area contributed by atoms with Gasteiger partial charge in [-0.25, -0.2) is 0 Å². The summed E-state index contributed by atoms with van der Waals surface area (Å²) in [5.41, 5.74) is 1.84. The summed E-state index contributed by atoms with van der Waals surface area (Å²) in [7, 11) is 0. The van der Waals surface area contributed by atoms with Crippen molar-refractivity contribution in [3.63, 3.8) is 0 Å². The fourth-order valence-electron chi connectivity index (χ4n) is 1.87. The molecule has 106 valence electrons. The lowest BCUT2D eigenvalue weighted by Gasteiger charge is -2.12. The number of carbonyl (C=O) groups excluding carboxylic acids is 1. The van der Waals surface area contributed by atoms with Crippen molar-refractivity contribution in [3.8, 4) is 5.69 Å². The number of benzene rings is 1. The number of nitrogens with zero attached hydrogens (tertiary/aromatic N) is 1. The van der Waals surface area contributed by atoms with Gasteiger partial charge in [0.05, 0.1) is 6.54 Å². The van der Waals surface area contributed by atoms with Gasteiger partial charge in [-0.1, -0.05) is 13.0 Å². The number of amides is 1. The Hall–Kier alpha value is -2.07. The number of nitrogens with one attached hydrogen (secondary N) is 2. The topological polar surface area (TPSA) is 46.1 Å². The van der Waals surface area contributed by atoms with Gasteiger partial charge in [0.2, 0.25) is 5.91 Å². The molecule has 0 radical (unpaired) electrons. The molecule has 1 atom stereocenters. The average Bonchev–Trinajstić information content (AvgIpc) is 2.99. The monoisotopic (exact) mass is 271 g/mol. The Morgan fingerprint density at radius 3 is 2.70 bits per heavy atom. The maximum atomic E-state index is 11.9. The van der Waals surface area contributed by atoms with Crippen LogP contribution in [0.2, 0.25) is 0 Å². The van der Waals surface area contributed by atoms with Crippen LogP contribution >= 0.6 is 0 Å². The molecule has 1 amide bonds. The van der Waals surface area contributed by atoms with Crippen molar-refractivity contribution < 1.29 is 4.79 Å². The Kier molecular flexibility index (Phi) is 4.96. The molecule has 1 unspecified atom stereocenters. The molecule has 0 saturated carbocycles. The van der Waals surface area contributed by atoms with E-state index in [1.807, 2.05) is 53.4 Å². The molecule has 0 aliphatic rings. The molecule has 1 heterocycles. The van der Waals surface area contributed by atoms with Gasteiger partial charge in [-0.05, 0) is 43.7 Å². The number of carbonyl (C=O) groups is 1. The minimum Gasteiger partial charge on any atom is -0.325 e. The van der Waals surface area contributed by atoms with E-state index in [0.717, 1.165) is 17.8 Å². The Labute approximate surface area is 119 Å². The first-order chi connectivity index (χ1) is 9.69. The molecule has 1 aromatic carbocycles. The summed E-state index contributed by atoms with van der Waals surface area (Å²) in [5, 5.41) is 6.09. The molecule has 1 aromatic heterocycles. The quantitative estimate of drug-likeness (QED) is 0.848. The molecular weight excluding hydrogens is 250 g/mol. The smallest absolute Gasteiger partial charge is 0.238 e. The number of aromatic nitrogens is 1. The first kappa shape index (κ1) is 14.3. The van der Waals surface area contributed by atoms with Crippen LogP contribution in [0.3, 0.4) is 0 Å². The number of hydrogen-bond donors (Lipinski definition) is 2. The first-order valence-electron chi connectivity index (χ1n) is 6.95. The fourth-order valence-corrected chi connectivity index (χ4v) is 1.87. The van der Waals surface area contributed by atoms with E-state index in [4.69, 9.17) is 0 Å². The molecule has 0 aliphatic heterocycles. The summed E-state index contributed by atoms with van der Waals surface area (Å²) in [6.45, 7) is 4.50. The maximum Gasteiger partial charge on any atom is 0.238 e. The normalized spacial score (nSPS) is 12.1. The zero-order chi connectivity index (χ0) is 14.4. The molecule has 4 nitrogen and oxygen atoms in total. The van der Waals surface area contributed by atoms with Gasteiger partial charge in [0.15, 0.2) is 0 Å². The molecular formula is C16H21N3O. The van der Waals surface area contributed by atoms with Crippen molar-refractivity contribution in [2.75, 3.05) is 11.9 Å². The lowest BCUT2D eigenvalue weighted by atomic mass is 10.2. The van der Waals surface area contributed by atoms with Gasteiger partial charge < -0.3 is 15.2 Å². The second-order valence-corrected chi connectivity index (χ2v) is 4.88. The van der Waals surface area contributed by atoms with Gasteiger partial charge in [-0.15, -0.1) is 0 Å². The summed E-state index contributed by atoms with van der Waals surface area (Å²) in [5.74, 6) is -0.0186. The van der Waals surface area contributed by atoms with Crippen LogP contribution < -0.4 is 10.6 Å². The van der Waals surface area contributed by atoms with Crippen molar-refractivity contribution in [2.24, 2.45) is 0 Å². The molecule has 20 heavy (non-hydrogen) atoms. The number of anilines is 1. The fraction of sp³-hybridized carbons (Fsp3) is 0.312. The van der Waals surface area contributed by atoms with Crippen molar-refractivity contribution in [2.45, 2.75) is 26.3 Å². The summed E-state index contributed by atoms with van der Waals surface area (Å²) in [4.78, 5) is 11.9. The zero-order valence-corrected chi connectivity index (χ0v) is 12.0. The van der Waals surface area contributed by atoms with Crippen LogP contribution in [0.1, 0.15) is 20.3 Å². The Balaban J connectivity index is 1.96. The van der Waals surface area contributed by atoms with E-state index in [1.54, 1.807) is 0 Å². The molecule has 0 spiro atoms. The molecule has 0 saturated heterocycles. The van der Waals surface area contributed by atoms with Crippen LogP contribution in [0.4, 0.5) is 5.69 Å². The molecule has 4 heteroatoms. The highest BCUT2D eigenvalue weighted by Gasteiger charge is 2.05. The number of rotatable bonds is 6. The lowest BCUT2D eigenvalue weighted by molar-refractivity contribution is -0.115. The highest BCUT2D eigenvalue weighted by atomic mass is 16.1. The maximum absolute atomic E-state index is 11.9. The largest absolute Gasteiger partial charge is 0.325 e. The average molecular weight is 271 g/mol. The van der Waals surface area contributed by atoms with E-state index in [0.29, 0.717) is 12.6 Å². The van der Waals surface area contributed by atoms with Crippen molar-refractivity contribution in [1.82, 2.24) is 9.88 Å². The van der Waals surface area contributed by atoms with Gasteiger partial charge in [0.25, 0.3) is 0 Å². The summed E-state index contributed by atoms with van der Waals surface area (Å²) < 4.78 is 2.01. The van der Waals surface area contributed by atoms with Crippen LogP contribution in [-0.2, 0) is 4.79 Å². The van der Waals surface area contributed by atoms with Crippen molar-refractivity contribution in [3.05, 3.63) is 48.8 Å². The van der Waals surface area contributed by atoms with E-state index in [9.17, 15) is 4.79 Å². The standard InChI is InChI=1S/C16H21N3O/c1-3-13(2)17-12-16(20)18-14-7-6-8-15(11-14)19-9-4-5-10-19/h4-11,13,17H,3,12H2,1-2H3,(H,18,20). The van der Waals surface area contributed by atoms with Crippen molar-refractivity contribution >= 4 is 11.6 Å². The van der Waals surface area contributed by atoms with Gasteiger partial charge in [-0.3, -0.25) is 4.79 Å². The molecule has 0 fully saturated rings. The van der Waals surface area contributed by atoms with Crippen LogP contribution in [0.25, 0.3) is 5.69 Å². The highest BCUT2D eigenvalue weighted by molar-refractivity contribution is 5.92. The summed E-state index contributed by atoms with van der Waals surface area (Å²) in [6.07, 6.45) is 4.97. The molecule has 2 N–H and O–H groups in total. The van der Waals surface area contributed by atoms with E-state index in [1.165, 1.54) is 0 Å². The van der Waals surface area contributed by atoms with E-state index < -0.39 is 0 Å². The molecule has 2 aromatic rings. The van der Waals surface area contributed by atoms with Crippen LogP contribution in [0.5, 0.6) is 0 Å². The number of hydrogen-bond acceptors (Lipinski definition) is 2. The third-order valence-electron chi connectivity index (χ3n) is 3.26. The minimum absolute atomic E-state index is 0.0186. The predicted octanol–water partition coefficient (Wildman–Crippen LogP) is 2.80. The third-order valence-corrected chi connectivity index (χ3v) is 3.26. The first-order valence-corrected chi connectivity index (χ1v) is 6.95. The highest BCUT2D eigenvalue weighted by Crippen LogP contribution is 2.14. The Morgan fingerprint density at radius 1 is 1.25 bits per heavy atom. The van der Waals surface area contributed by atoms with Gasteiger partial charge in [0.1, 0.15) is 0 Å². The zero-order valence-electron chi connectivity index (χ0n) is 12.0. The lowest BCUT2D eigenvalue weighted by Crippen LogP contribution is -2.33. The van der Waals surface area contributed by atoms with E-state index in [2.05, 4.69) is 24.5 Å². The molecule has 0 bridgehead atoms. The van der Waals surface area contributed by atoms with Gasteiger partial charge >= 0.3 is 0 Å². The van der Waals surface area contributed by atoms with Crippen molar-refractivity contribution in [1.29, 1.82) is 0 Å². The van der Waals surface area contributed by atoms with E-state index >= 15 is 0 Å². The van der Waals surface area contributed by atoms with Crippen LogP contribution in [0, 0.1) is 0 Å². The second kappa shape index (κ2) is 6.91.